The molecule has 0 spiro atoms. The Balaban J connectivity index is 0.00000200. The van der Waals surface area contributed by atoms with Crippen LogP contribution in [0.25, 0.3) is 0 Å². The van der Waals surface area contributed by atoms with Crippen LogP contribution in [0.4, 0.5) is 5.69 Å². The summed E-state index contributed by atoms with van der Waals surface area (Å²) in [6.45, 7) is 2.00. The zero-order valence-corrected chi connectivity index (χ0v) is 12.4. The summed E-state index contributed by atoms with van der Waals surface area (Å²) in [5, 5.41) is 0. The summed E-state index contributed by atoms with van der Waals surface area (Å²) in [5.41, 5.74) is 8.82. The standard InChI is InChI=1S/C16H18N2O.ClH/c1-12-7-6-10-14(11-12)18(2)16(19)15(17)13-8-4-3-5-9-13;/h3-11,15H,17H2,1-2H3;1H. The third-order valence-corrected chi connectivity index (χ3v) is 3.14. The van der Waals surface area contributed by atoms with E-state index in [-0.39, 0.29) is 18.3 Å². The minimum Gasteiger partial charge on any atom is -0.316 e. The lowest BCUT2D eigenvalue weighted by Crippen LogP contribution is -2.35. The number of hydrogen-bond acceptors (Lipinski definition) is 2. The second kappa shape index (κ2) is 7.08. The molecule has 2 rings (SSSR count). The first-order chi connectivity index (χ1) is 9.09. The molecule has 4 heteroatoms. The van der Waals surface area contributed by atoms with E-state index >= 15 is 0 Å². The van der Waals surface area contributed by atoms with E-state index in [1.807, 2.05) is 61.5 Å². The predicted octanol–water partition coefficient (Wildman–Crippen LogP) is 3.08. The van der Waals surface area contributed by atoms with Crippen LogP contribution in [0.1, 0.15) is 17.2 Å². The van der Waals surface area contributed by atoms with Crippen LogP contribution in [0.2, 0.25) is 0 Å². The third-order valence-electron chi connectivity index (χ3n) is 3.14. The van der Waals surface area contributed by atoms with Crippen LogP contribution >= 0.6 is 12.4 Å². The number of halogens is 1. The lowest BCUT2D eigenvalue weighted by Gasteiger charge is -2.22. The maximum atomic E-state index is 12.4. The van der Waals surface area contributed by atoms with Gasteiger partial charge in [-0.05, 0) is 30.2 Å². The summed E-state index contributed by atoms with van der Waals surface area (Å²) in [5.74, 6) is -0.114. The highest BCUT2D eigenvalue weighted by Crippen LogP contribution is 2.19. The highest BCUT2D eigenvalue weighted by Gasteiger charge is 2.20. The summed E-state index contributed by atoms with van der Waals surface area (Å²) in [7, 11) is 1.75. The zero-order valence-electron chi connectivity index (χ0n) is 11.6. The van der Waals surface area contributed by atoms with Crippen LogP contribution in [0.15, 0.2) is 54.6 Å². The van der Waals surface area contributed by atoms with Gasteiger partial charge < -0.3 is 10.6 Å². The molecule has 3 nitrogen and oxygen atoms in total. The molecule has 0 fully saturated rings. The van der Waals surface area contributed by atoms with Gasteiger partial charge in [-0.25, -0.2) is 0 Å². The number of rotatable bonds is 3. The first-order valence-electron chi connectivity index (χ1n) is 6.24. The topological polar surface area (TPSA) is 46.3 Å². The highest BCUT2D eigenvalue weighted by molar-refractivity contribution is 5.97. The second-order valence-corrected chi connectivity index (χ2v) is 4.62. The van der Waals surface area contributed by atoms with Crippen molar-refractivity contribution in [3.8, 4) is 0 Å². The van der Waals surface area contributed by atoms with Gasteiger partial charge in [-0.1, -0.05) is 42.5 Å². The Bertz CT molecular complexity index is 572. The highest BCUT2D eigenvalue weighted by atomic mass is 35.5. The number of nitrogens with zero attached hydrogens (tertiary/aromatic N) is 1. The van der Waals surface area contributed by atoms with E-state index in [4.69, 9.17) is 5.73 Å². The van der Waals surface area contributed by atoms with Gasteiger partial charge in [-0.2, -0.15) is 0 Å². The second-order valence-electron chi connectivity index (χ2n) is 4.62. The van der Waals surface area contributed by atoms with Gasteiger partial charge in [0.15, 0.2) is 0 Å². The molecule has 0 aromatic heterocycles. The maximum Gasteiger partial charge on any atom is 0.248 e. The minimum absolute atomic E-state index is 0. The summed E-state index contributed by atoms with van der Waals surface area (Å²) in [4.78, 5) is 14.0. The molecular weight excluding hydrogens is 272 g/mol. The van der Waals surface area contributed by atoms with E-state index in [0.29, 0.717) is 0 Å². The van der Waals surface area contributed by atoms with Crippen molar-refractivity contribution in [3.05, 3.63) is 65.7 Å². The van der Waals surface area contributed by atoms with Crippen molar-refractivity contribution in [3.63, 3.8) is 0 Å². The summed E-state index contributed by atoms with van der Waals surface area (Å²) in [6.07, 6.45) is 0. The van der Waals surface area contributed by atoms with Gasteiger partial charge in [0.05, 0.1) is 0 Å². The van der Waals surface area contributed by atoms with Gasteiger partial charge in [-0.3, -0.25) is 4.79 Å². The number of nitrogens with two attached hydrogens (primary N) is 1. The summed E-state index contributed by atoms with van der Waals surface area (Å²) >= 11 is 0. The van der Waals surface area contributed by atoms with Crippen molar-refractivity contribution in [1.29, 1.82) is 0 Å². The average Bonchev–Trinajstić information content (AvgIpc) is 2.46. The summed E-state index contributed by atoms with van der Waals surface area (Å²) in [6, 6.07) is 16.6. The van der Waals surface area contributed by atoms with Gasteiger partial charge in [0.1, 0.15) is 6.04 Å². The number of carbonyl (C=O) groups excluding carboxylic acids is 1. The summed E-state index contributed by atoms with van der Waals surface area (Å²) < 4.78 is 0. The van der Waals surface area contributed by atoms with Gasteiger partial charge in [0.25, 0.3) is 0 Å². The number of anilines is 1. The quantitative estimate of drug-likeness (QED) is 0.944. The smallest absolute Gasteiger partial charge is 0.248 e. The number of hydrogen-bond donors (Lipinski definition) is 1. The van der Waals surface area contributed by atoms with Crippen LogP contribution in [-0.2, 0) is 4.79 Å². The molecule has 0 heterocycles. The Labute approximate surface area is 125 Å². The molecule has 1 unspecified atom stereocenters. The number of amides is 1. The Morgan fingerprint density at radius 1 is 1.10 bits per heavy atom. The average molecular weight is 291 g/mol. The van der Waals surface area contributed by atoms with Crippen molar-refractivity contribution in [2.45, 2.75) is 13.0 Å². The zero-order chi connectivity index (χ0) is 13.8. The molecule has 106 valence electrons. The molecule has 0 bridgehead atoms. The molecule has 2 aromatic rings. The fraction of sp³-hybridized carbons (Fsp3) is 0.188. The van der Waals surface area contributed by atoms with Crippen LogP contribution < -0.4 is 10.6 Å². The Morgan fingerprint density at radius 3 is 2.35 bits per heavy atom. The molecule has 0 saturated heterocycles. The van der Waals surface area contributed by atoms with Gasteiger partial charge >= 0.3 is 0 Å². The Morgan fingerprint density at radius 2 is 1.75 bits per heavy atom. The predicted molar refractivity (Wildman–Crippen MR) is 85.2 cm³/mol. The van der Waals surface area contributed by atoms with Crippen molar-refractivity contribution >= 4 is 24.0 Å². The Kier molecular flexibility index (Phi) is 5.74. The molecule has 0 radical (unpaired) electrons. The van der Waals surface area contributed by atoms with Crippen LogP contribution in [0.3, 0.4) is 0 Å². The normalized spacial score (nSPS) is 11.3. The lowest BCUT2D eigenvalue weighted by molar-refractivity contribution is -0.119. The van der Waals surface area contributed by atoms with Crippen molar-refractivity contribution in [2.24, 2.45) is 5.73 Å². The van der Waals surface area contributed by atoms with Crippen LogP contribution in [0, 0.1) is 6.92 Å². The third kappa shape index (κ3) is 3.59. The van der Waals surface area contributed by atoms with Crippen molar-refractivity contribution < 1.29 is 4.79 Å². The van der Waals surface area contributed by atoms with Gasteiger partial charge in [0.2, 0.25) is 5.91 Å². The van der Waals surface area contributed by atoms with E-state index in [2.05, 4.69) is 0 Å². The lowest BCUT2D eigenvalue weighted by atomic mass is 10.1. The van der Waals surface area contributed by atoms with Crippen LogP contribution in [-0.4, -0.2) is 13.0 Å². The Hall–Kier alpha value is -1.84. The molecule has 0 saturated carbocycles. The molecule has 0 aliphatic carbocycles. The molecule has 1 atom stereocenters. The minimum atomic E-state index is -0.633. The number of benzene rings is 2. The van der Waals surface area contributed by atoms with Crippen LogP contribution in [0.5, 0.6) is 0 Å². The van der Waals surface area contributed by atoms with E-state index in [0.717, 1.165) is 16.8 Å². The molecule has 0 aliphatic heterocycles. The van der Waals surface area contributed by atoms with E-state index in [1.165, 1.54) is 0 Å². The molecule has 2 aromatic carbocycles. The molecule has 0 aliphatic rings. The van der Waals surface area contributed by atoms with Gasteiger partial charge in [0, 0.05) is 12.7 Å². The maximum absolute atomic E-state index is 12.4. The van der Waals surface area contributed by atoms with E-state index in [1.54, 1.807) is 11.9 Å². The number of likely N-dealkylation sites (N-methyl/N-ethyl adjacent to an activating group) is 1. The monoisotopic (exact) mass is 290 g/mol. The number of carbonyl (C=O) groups is 1. The van der Waals surface area contributed by atoms with Gasteiger partial charge in [-0.15, -0.1) is 12.4 Å². The fourth-order valence-corrected chi connectivity index (χ4v) is 1.98. The fourth-order valence-electron chi connectivity index (χ4n) is 1.98. The number of aryl methyl sites for hydroxylation is 1. The van der Waals surface area contributed by atoms with E-state index < -0.39 is 6.04 Å². The first kappa shape index (κ1) is 16.2. The molecule has 20 heavy (non-hydrogen) atoms. The molecule has 1 amide bonds. The SMILES string of the molecule is Cc1cccc(N(C)C(=O)C(N)c2ccccc2)c1.Cl. The molecular formula is C16H19ClN2O. The molecule has 2 N–H and O–H groups in total. The largest absolute Gasteiger partial charge is 0.316 e. The van der Waals surface area contributed by atoms with Crippen molar-refractivity contribution in [1.82, 2.24) is 0 Å². The van der Waals surface area contributed by atoms with Crippen molar-refractivity contribution in [2.75, 3.05) is 11.9 Å². The van der Waals surface area contributed by atoms with E-state index in [9.17, 15) is 4.79 Å². The first-order valence-corrected chi connectivity index (χ1v) is 6.24.